The molecule has 0 aliphatic carbocycles. The van der Waals surface area contributed by atoms with Gasteiger partial charge in [0.05, 0.1) is 12.5 Å². The Hall–Kier alpha value is -3.67. The zero-order chi connectivity index (χ0) is 19.8. The molecule has 0 atom stereocenters. The van der Waals surface area contributed by atoms with Crippen molar-refractivity contribution in [3.63, 3.8) is 0 Å². The fourth-order valence-electron chi connectivity index (χ4n) is 3.91. The number of hydrogen-bond donors (Lipinski definition) is 1. The molecule has 1 N–H and O–H groups in total. The number of nitrogens with zero attached hydrogens (tertiary/aromatic N) is 3. The van der Waals surface area contributed by atoms with E-state index in [0.717, 1.165) is 36.4 Å². The lowest BCUT2D eigenvalue weighted by Gasteiger charge is -2.29. The highest BCUT2D eigenvalue weighted by Crippen LogP contribution is 2.28. The lowest BCUT2D eigenvalue weighted by molar-refractivity contribution is 0.415. The molecule has 0 fully saturated rings. The van der Waals surface area contributed by atoms with Gasteiger partial charge in [-0.2, -0.15) is 4.98 Å². The van der Waals surface area contributed by atoms with Crippen LogP contribution in [-0.4, -0.2) is 28.6 Å². The van der Waals surface area contributed by atoms with Crippen LogP contribution in [0.25, 0.3) is 22.2 Å². The molecule has 0 saturated heterocycles. The summed E-state index contributed by atoms with van der Waals surface area (Å²) in [7, 11) is 1.63. The van der Waals surface area contributed by atoms with Crippen LogP contribution in [0.5, 0.6) is 5.75 Å². The molecule has 1 aliphatic rings. The monoisotopic (exact) mass is 384 g/mol. The largest absolute Gasteiger partial charge is 0.497 e. The van der Waals surface area contributed by atoms with Crippen molar-refractivity contribution in [1.29, 1.82) is 0 Å². The summed E-state index contributed by atoms with van der Waals surface area (Å²) in [6.07, 6.45) is 2.62. The zero-order valence-corrected chi connectivity index (χ0v) is 16.1. The highest BCUT2D eigenvalue weighted by atomic mass is 16.5. The van der Waals surface area contributed by atoms with Gasteiger partial charge in [-0.05, 0) is 46.9 Å². The SMILES string of the molecule is COc1cccc(-c2ccnc3nc(N4CCc5ccccc5C4)[nH]c(=O)c23)c1. The number of benzene rings is 2. The minimum atomic E-state index is -0.185. The number of fused-ring (bicyclic) bond motifs is 2. The molecule has 3 heterocycles. The Morgan fingerprint density at radius 3 is 2.79 bits per heavy atom. The van der Waals surface area contributed by atoms with E-state index in [9.17, 15) is 4.79 Å². The molecule has 2 aromatic heterocycles. The zero-order valence-electron chi connectivity index (χ0n) is 16.1. The Labute approximate surface area is 167 Å². The molecule has 29 heavy (non-hydrogen) atoms. The summed E-state index contributed by atoms with van der Waals surface area (Å²) in [5, 5.41) is 0.488. The Kier molecular flexibility index (Phi) is 4.24. The van der Waals surface area contributed by atoms with Crippen molar-refractivity contribution in [1.82, 2.24) is 15.0 Å². The van der Waals surface area contributed by atoms with Gasteiger partial charge in [0.1, 0.15) is 5.75 Å². The van der Waals surface area contributed by atoms with Crippen molar-refractivity contribution in [2.45, 2.75) is 13.0 Å². The molecule has 144 valence electrons. The van der Waals surface area contributed by atoms with Gasteiger partial charge in [0.15, 0.2) is 5.65 Å². The second kappa shape index (κ2) is 7.05. The average molecular weight is 384 g/mol. The Balaban J connectivity index is 1.59. The Bertz CT molecular complexity index is 1270. The van der Waals surface area contributed by atoms with Crippen molar-refractivity contribution >= 4 is 17.0 Å². The number of nitrogens with one attached hydrogen (secondary N) is 1. The number of H-pyrrole nitrogens is 1. The van der Waals surface area contributed by atoms with Crippen LogP contribution in [0.15, 0.2) is 65.6 Å². The van der Waals surface area contributed by atoms with Crippen molar-refractivity contribution < 1.29 is 4.74 Å². The van der Waals surface area contributed by atoms with E-state index in [4.69, 9.17) is 4.74 Å². The minimum Gasteiger partial charge on any atom is -0.497 e. The molecule has 6 nitrogen and oxygen atoms in total. The third kappa shape index (κ3) is 3.12. The van der Waals surface area contributed by atoms with Crippen LogP contribution < -0.4 is 15.2 Å². The maximum absolute atomic E-state index is 13.0. The van der Waals surface area contributed by atoms with Crippen molar-refractivity contribution in [2.75, 3.05) is 18.6 Å². The van der Waals surface area contributed by atoms with E-state index in [0.29, 0.717) is 17.0 Å². The summed E-state index contributed by atoms with van der Waals surface area (Å²) < 4.78 is 5.32. The van der Waals surface area contributed by atoms with Crippen LogP contribution in [0.1, 0.15) is 11.1 Å². The van der Waals surface area contributed by atoms with E-state index in [2.05, 4.69) is 38.1 Å². The highest BCUT2D eigenvalue weighted by Gasteiger charge is 2.20. The lowest BCUT2D eigenvalue weighted by Crippen LogP contribution is -2.33. The number of anilines is 1. The summed E-state index contributed by atoms with van der Waals surface area (Å²) in [4.78, 5) is 27.2. The van der Waals surface area contributed by atoms with Crippen molar-refractivity contribution in [3.05, 3.63) is 82.3 Å². The number of methoxy groups -OCH3 is 1. The molecule has 0 radical (unpaired) electrons. The normalized spacial score (nSPS) is 13.3. The second-order valence-electron chi connectivity index (χ2n) is 7.12. The van der Waals surface area contributed by atoms with E-state index >= 15 is 0 Å². The molecule has 0 amide bonds. The van der Waals surface area contributed by atoms with Gasteiger partial charge in [0.25, 0.3) is 5.56 Å². The summed E-state index contributed by atoms with van der Waals surface area (Å²) in [5.41, 5.74) is 4.56. The van der Waals surface area contributed by atoms with Gasteiger partial charge in [-0.1, -0.05) is 36.4 Å². The number of ether oxygens (including phenoxy) is 1. The number of rotatable bonds is 3. The molecule has 5 rings (SSSR count). The predicted molar refractivity (Wildman–Crippen MR) is 113 cm³/mol. The summed E-state index contributed by atoms with van der Waals surface area (Å²) in [6, 6.07) is 17.9. The summed E-state index contributed by atoms with van der Waals surface area (Å²) in [5.74, 6) is 1.30. The number of hydrogen-bond acceptors (Lipinski definition) is 5. The van der Waals surface area contributed by atoms with Crippen molar-refractivity contribution in [2.24, 2.45) is 0 Å². The molecule has 0 saturated carbocycles. The van der Waals surface area contributed by atoms with Gasteiger partial charge in [0, 0.05) is 19.3 Å². The molecule has 0 unspecified atom stereocenters. The maximum atomic E-state index is 13.0. The van der Waals surface area contributed by atoms with Crippen LogP contribution in [0, 0.1) is 0 Å². The predicted octanol–water partition coefficient (Wildman–Crippen LogP) is 3.56. The van der Waals surface area contributed by atoms with Crippen LogP contribution in [-0.2, 0) is 13.0 Å². The van der Waals surface area contributed by atoms with Gasteiger partial charge in [-0.25, -0.2) is 4.98 Å². The van der Waals surface area contributed by atoms with Crippen LogP contribution >= 0.6 is 0 Å². The number of aromatic amines is 1. The van der Waals surface area contributed by atoms with Gasteiger partial charge < -0.3 is 9.64 Å². The summed E-state index contributed by atoms with van der Waals surface area (Å²) >= 11 is 0. The number of pyridine rings is 1. The molecule has 4 aromatic rings. The van der Waals surface area contributed by atoms with E-state index in [1.165, 1.54) is 11.1 Å². The van der Waals surface area contributed by atoms with Crippen LogP contribution in [0.2, 0.25) is 0 Å². The van der Waals surface area contributed by atoms with E-state index < -0.39 is 0 Å². The fraction of sp³-hybridized carbons (Fsp3) is 0.174. The van der Waals surface area contributed by atoms with Crippen LogP contribution in [0.3, 0.4) is 0 Å². The molecule has 6 heteroatoms. The second-order valence-corrected chi connectivity index (χ2v) is 7.12. The first kappa shape index (κ1) is 17.4. The number of aromatic nitrogens is 3. The van der Waals surface area contributed by atoms with Gasteiger partial charge in [0.2, 0.25) is 5.95 Å². The third-order valence-electron chi connectivity index (χ3n) is 5.41. The van der Waals surface area contributed by atoms with E-state index in [1.807, 2.05) is 36.4 Å². The molecular weight excluding hydrogens is 364 g/mol. The molecule has 2 aromatic carbocycles. The molecule has 1 aliphatic heterocycles. The van der Waals surface area contributed by atoms with Gasteiger partial charge >= 0.3 is 0 Å². The lowest BCUT2D eigenvalue weighted by atomic mass is 10.0. The first-order chi connectivity index (χ1) is 14.2. The fourth-order valence-corrected chi connectivity index (χ4v) is 3.91. The quantitative estimate of drug-likeness (QED) is 0.585. The Morgan fingerprint density at radius 2 is 1.93 bits per heavy atom. The van der Waals surface area contributed by atoms with E-state index in [-0.39, 0.29) is 5.56 Å². The minimum absolute atomic E-state index is 0.185. The highest BCUT2D eigenvalue weighted by molar-refractivity contribution is 5.92. The first-order valence-electron chi connectivity index (χ1n) is 9.58. The summed E-state index contributed by atoms with van der Waals surface area (Å²) in [6.45, 7) is 1.53. The smallest absolute Gasteiger partial charge is 0.262 e. The average Bonchev–Trinajstić information content (AvgIpc) is 2.78. The van der Waals surface area contributed by atoms with E-state index in [1.54, 1.807) is 13.3 Å². The Morgan fingerprint density at radius 1 is 1.07 bits per heavy atom. The molecule has 0 bridgehead atoms. The van der Waals surface area contributed by atoms with Crippen molar-refractivity contribution in [3.8, 4) is 16.9 Å². The topological polar surface area (TPSA) is 71.1 Å². The van der Waals surface area contributed by atoms with Crippen LogP contribution in [0.4, 0.5) is 5.95 Å². The molecular formula is C23H20N4O2. The standard InChI is InChI=1S/C23H20N4O2/c1-29-18-8-4-7-16(13-18)19-9-11-24-21-20(19)22(28)26-23(25-21)27-12-10-15-5-2-3-6-17(15)14-27/h2-9,11,13H,10,12,14H2,1H3,(H,24,25,26,28). The van der Waals surface area contributed by atoms with Gasteiger partial charge in [-0.3, -0.25) is 9.78 Å². The molecule has 0 spiro atoms. The maximum Gasteiger partial charge on any atom is 0.262 e. The van der Waals surface area contributed by atoms with Gasteiger partial charge in [-0.15, -0.1) is 0 Å². The third-order valence-corrected chi connectivity index (χ3v) is 5.41. The first-order valence-corrected chi connectivity index (χ1v) is 9.58.